The fourth-order valence-corrected chi connectivity index (χ4v) is 3.49. The Morgan fingerprint density at radius 1 is 1.00 bits per heavy atom. The zero-order valence-electron chi connectivity index (χ0n) is 16.5. The van der Waals surface area contributed by atoms with Crippen LogP contribution in [0.5, 0.6) is 0 Å². The first kappa shape index (κ1) is 20.6. The molecule has 0 saturated heterocycles. The monoisotopic (exact) mass is 427 g/mol. The van der Waals surface area contributed by atoms with Gasteiger partial charge in [-0.15, -0.1) is 0 Å². The maximum absolute atomic E-state index is 13.5. The van der Waals surface area contributed by atoms with E-state index in [2.05, 4.69) is 25.8 Å². The van der Waals surface area contributed by atoms with Crippen LogP contribution in [0.25, 0.3) is 11.3 Å². The summed E-state index contributed by atoms with van der Waals surface area (Å²) < 4.78 is 40.5. The van der Waals surface area contributed by atoms with E-state index < -0.39 is 23.4 Å². The number of aliphatic imine (C=N–C) groups is 1. The third kappa shape index (κ3) is 5.30. The van der Waals surface area contributed by atoms with Gasteiger partial charge in [0.2, 0.25) is 5.96 Å². The van der Waals surface area contributed by atoms with Gasteiger partial charge in [-0.05, 0) is 43.2 Å². The molecule has 1 heterocycles. The first-order chi connectivity index (χ1) is 15.0. The molecule has 1 aliphatic rings. The Morgan fingerprint density at radius 2 is 1.74 bits per heavy atom. The van der Waals surface area contributed by atoms with Crippen molar-refractivity contribution in [3.05, 3.63) is 71.5 Å². The highest BCUT2D eigenvalue weighted by Gasteiger charge is 2.18. The summed E-state index contributed by atoms with van der Waals surface area (Å²) in [5.74, 6) is -1.98. The third-order valence-electron chi connectivity index (χ3n) is 4.95. The smallest absolute Gasteiger partial charge is 0.258 e. The average Bonchev–Trinajstić information content (AvgIpc) is 3.39. The number of hydrogen-bond acceptors (Lipinski definition) is 3. The maximum Gasteiger partial charge on any atom is 0.258 e. The van der Waals surface area contributed by atoms with Gasteiger partial charge in [-0.1, -0.05) is 18.9 Å². The van der Waals surface area contributed by atoms with Crippen molar-refractivity contribution in [2.75, 3.05) is 5.32 Å². The van der Waals surface area contributed by atoms with Crippen LogP contribution >= 0.6 is 0 Å². The lowest BCUT2D eigenvalue weighted by Gasteiger charge is -2.12. The zero-order valence-corrected chi connectivity index (χ0v) is 16.5. The van der Waals surface area contributed by atoms with Gasteiger partial charge >= 0.3 is 0 Å². The highest BCUT2D eigenvalue weighted by atomic mass is 19.1. The summed E-state index contributed by atoms with van der Waals surface area (Å²) in [6.07, 6.45) is 3.90. The van der Waals surface area contributed by atoms with Crippen molar-refractivity contribution in [1.82, 2.24) is 15.5 Å². The van der Waals surface area contributed by atoms with Crippen LogP contribution in [0.3, 0.4) is 0 Å². The molecule has 0 spiro atoms. The number of nitrogens with one attached hydrogen (secondary N) is 3. The number of H-pyrrole nitrogens is 1. The van der Waals surface area contributed by atoms with Crippen molar-refractivity contribution in [2.45, 2.75) is 31.7 Å². The summed E-state index contributed by atoms with van der Waals surface area (Å²) >= 11 is 0. The second-order valence-corrected chi connectivity index (χ2v) is 7.33. The SMILES string of the molecule is O=C(NC(=NC1CCCC1)Nc1cc(-c2cc(F)cc(F)c2)[nH]n1)c1cccc(F)c1. The summed E-state index contributed by atoms with van der Waals surface area (Å²) in [7, 11) is 0. The predicted octanol–water partition coefficient (Wildman–Crippen LogP) is 4.63. The largest absolute Gasteiger partial charge is 0.309 e. The molecule has 0 aliphatic heterocycles. The van der Waals surface area contributed by atoms with E-state index in [1.54, 1.807) is 6.07 Å². The van der Waals surface area contributed by atoms with Crippen molar-refractivity contribution >= 4 is 17.7 Å². The minimum atomic E-state index is -0.704. The van der Waals surface area contributed by atoms with Crippen LogP contribution in [0.1, 0.15) is 36.0 Å². The molecule has 9 heteroatoms. The molecule has 0 bridgehead atoms. The van der Waals surface area contributed by atoms with Crippen LogP contribution in [-0.2, 0) is 0 Å². The van der Waals surface area contributed by atoms with Gasteiger partial charge in [0.15, 0.2) is 5.82 Å². The lowest BCUT2D eigenvalue weighted by Crippen LogP contribution is -2.37. The normalized spacial score (nSPS) is 14.6. The Kier molecular flexibility index (Phi) is 6.01. The number of anilines is 1. The number of aromatic amines is 1. The fourth-order valence-electron chi connectivity index (χ4n) is 3.49. The minimum Gasteiger partial charge on any atom is -0.309 e. The van der Waals surface area contributed by atoms with Crippen molar-refractivity contribution in [1.29, 1.82) is 0 Å². The number of nitrogens with zero attached hydrogens (tertiary/aromatic N) is 2. The number of carbonyl (C=O) groups excluding carboxylic acids is 1. The van der Waals surface area contributed by atoms with E-state index in [1.165, 1.54) is 30.3 Å². The van der Waals surface area contributed by atoms with Crippen molar-refractivity contribution < 1.29 is 18.0 Å². The van der Waals surface area contributed by atoms with Gasteiger partial charge in [0, 0.05) is 23.3 Å². The highest BCUT2D eigenvalue weighted by Crippen LogP contribution is 2.23. The zero-order chi connectivity index (χ0) is 21.8. The van der Waals surface area contributed by atoms with E-state index in [0.29, 0.717) is 11.5 Å². The Hall–Kier alpha value is -3.62. The number of carbonyl (C=O) groups is 1. The topological polar surface area (TPSA) is 82.2 Å². The molecule has 0 unspecified atom stereocenters. The standard InChI is InChI=1S/C22H20F3N5O/c23-15-5-3-4-13(8-15)21(31)28-22(26-18-6-1-2-7-18)27-20-12-19(29-30-20)14-9-16(24)11-17(25)10-14/h3-5,8-12,18H,1-2,6-7H2,(H3,26,27,28,29,30,31). The molecular formula is C22H20F3N5O. The molecule has 0 atom stereocenters. The lowest BCUT2D eigenvalue weighted by atomic mass is 10.1. The molecule has 1 saturated carbocycles. The van der Waals surface area contributed by atoms with Gasteiger partial charge in [-0.3, -0.25) is 15.2 Å². The molecule has 1 amide bonds. The van der Waals surface area contributed by atoms with E-state index >= 15 is 0 Å². The van der Waals surface area contributed by atoms with Crippen LogP contribution in [-0.4, -0.2) is 28.1 Å². The molecule has 4 rings (SSSR count). The van der Waals surface area contributed by atoms with E-state index in [-0.39, 0.29) is 23.1 Å². The van der Waals surface area contributed by atoms with E-state index in [1.807, 2.05) is 0 Å². The highest BCUT2D eigenvalue weighted by molar-refractivity contribution is 6.09. The number of guanidine groups is 1. The van der Waals surface area contributed by atoms with Crippen LogP contribution in [0.2, 0.25) is 0 Å². The number of amides is 1. The second kappa shape index (κ2) is 9.03. The van der Waals surface area contributed by atoms with E-state index in [4.69, 9.17) is 0 Å². The predicted molar refractivity (Wildman–Crippen MR) is 111 cm³/mol. The van der Waals surface area contributed by atoms with E-state index in [0.717, 1.165) is 37.8 Å². The summed E-state index contributed by atoms with van der Waals surface area (Å²) in [6.45, 7) is 0. The molecule has 1 fully saturated rings. The number of halogens is 3. The quantitative estimate of drug-likeness (QED) is 0.419. The fraction of sp³-hybridized carbons (Fsp3) is 0.227. The number of benzene rings is 2. The van der Waals surface area contributed by atoms with Crippen molar-refractivity contribution in [3.63, 3.8) is 0 Å². The minimum absolute atomic E-state index is 0.0473. The summed E-state index contributed by atoms with van der Waals surface area (Å²) in [5.41, 5.74) is 0.826. The summed E-state index contributed by atoms with van der Waals surface area (Å²) in [5, 5.41) is 12.4. The second-order valence-electron chi connectivity index (χ2n) is 7.33. The van der Waals surface area contributed by atoms with Crippen LogP contribution in [0.15, 0.2) is 53.5 Å². The van der Waals surface area contributed by atoms with Gasteiger partial charge in [-0.25, -0.2) is 18.2 Å². The molecular weight excluding hydrogens is 407 g/mol. The molecule has 160 valence electrons. The third-order valence-corrected chi connectivity index (χ3v) is 4.95. The lowest BCUT2D eigenvalue weighted by molar-refractivity contribution is 0.0976. The van der Waals surface area contributed by atoms with Gasteiger partial charge in [-0.2, -0.15) is 5.10 Å². The van der Waals surface area contributed by atoms with Crippen molar-refractivity contribution in [3.8, 4) is 11.3 Å². The molecule has 6 nitrogen and oxygen atoms in total. The Labute approximate surface area is 176 Å². The Morgan fingerprint density at radius 3 is 2.45 bits per heavy atom. The van der Waals surface area contributed by atoms with Gasteiger partial charge in [0.1, 0.15) is 17.5 Å². The molecule has 1 aromatic heterocycles. The average molecular weight is 427 g/mol. The van der Waals surface area contributed by atoms with Gasteiger partial charge < -0.3 is 5.32 Å². The Bertz CT molecular complexity index is 1100. The molecule has 1 aliphatic carbocycles. The first-order valence-electron chi connectivity index (χ1n) is 9.90. The molecule has 2 aromatic carbocycles. The summed E-state index contributed by atoms with van der Waals surface area (Å²) in [6, 6.07) is 10.1. The van der Waals surface area contributed by atoms with Crippen LogP contribution in [0, 0.1) is 17.5 Å². The Balaban J connectivity index is 1.55. The number of aromatic nitrogens is 2. The molecule has 3 aromatic rings. The van der Waals surface area contributed by atoms with E-state index in [9.17, 15) is 18.0 Å². The molecule has 31 heavy (non-hydrogen) atoms. The molecule has 3 N–H and O–H groups in total. The maximum atomic E-state index is 13.5. The van der Waals surface area contributed by atoms with Gasteiger partial charge in [0.25, 0.3) is 5.91 Å². The van der Waals surface area contributed by atoms with Crippen molar-refractivity contribution in [2.24, 2.45) is 4.99 Å². The first-order valence-corrected chi connectivity index (χ1v) is 9.90. The van der Waals surface area contributed by atoms with Crippen LogP contribution in [0.4, 0.5) is 19.0 Å². The number of hydrogen-bond donors (Lipinski definition) is 3. The summed E-state index contributed by atoms with van der Waals surface area (Å²) in [4.78, 5) is 17.1. The van der Waals surface area contributed by atoms with Crippen LogP contribution < -0.4 is 10.6 Å². The van der Waals surface area contributed by atoms with Gasteiger partial charge in [0.05, 0.1) is 11.7 Å². The molecule has 0 radical (unpaired) electrons. The number of rotatable bonds is 4.